The number of para-hydroxylation sites is 2. The van der Waals surface area contributed by atoms with Gasteiger partial charge in [-0.15, -0.1) is 0 Å². The lowest BCUT2D eigenvalue weighted by Crippen LogP contribution is -1.99. The van der Waals surface area contributed by atoms with Gasteiger partial charge in [0, 0.05) is 12.7 Å². The topological polar surface area (TPSA) is 24.1 Å². The largest absolute Gasteiger partial charge is 0.386 e. The molecule has 0 atom stereocenters. The first kappa shape index (κ1) is 9.39. The summed E-state index contributed by atoms with van der Waals surface area (Å²) in [5.74, 6) is 0. The van der Waals surface area contributed by atoms with Gasteiger partial charge in [-0.05, 0) is 18.2 Å². The Morgan fingerprint density at radius 1 is 1.31 bits per heavy atom. The molecule has 0 saturated heterocycles. The van der Waals surface area contributed by atoms with Crippen LogP contribution in [0.2, 0.25) is 0 Å². The standard InChI is InChI=1S/C11H14N2/c1-4-9(2)13-11-8-6-5-7-10(11)12-3/h4-8,12-13H,1-2H2,3H3. The van der Waals surface area contributed by atoms with Crippen molar-refractivity contribution in [3.63, 3.8) is 0 Å². The van der Waals surface area contributed by atoms with E-state index in [1.165, 1.54) is 0 Å². The van der Waals surface area contributed by atoms with Gasteiger partial charge in [0.2, 0.25) is 0 Å². The molecule has 0 aliphatic heterocycles. The van der Waals surface area contributed by atoms with Gasteiger partial charge >= 0.3 is 0 Å². The fourth-order valence-electron chi connectivity index (χ4n) is 1.03. The monoisotopic (exact) mass is 174 g/mol. The molecule has 2 nitrogen and oxygen atoms in total. The summed E-state index contributed by atoms with van der Waals surface area (Å²) in [5.41, 5.74) is 2.85. The number of allylic oxidation sites excluding steroid dienone is 1. The van der Waals surface area contributed by atoms with Gasteiger partial charge in [-0.3, -0.25) is 0 Å². The van der Waals surface area contributed by atoms with Gasteiger partial charge < -0.3 is 10.6 Å². The van der Waals surface area contributed by atoms with E-state index in [1.54, 1.807) is 6.08 Å². The zero-order chi connectivity index (χ0) is 9.68. The minimum Gasteiger partial charge on any atom is -0.386 e. The highest BCUT2D eigenvalue weighted by atomic mass is 14.9. The molecule has 2 N–H and O–H groups in total. The van der Waals surface area contributed by atoms with Crippen LogP contribution in [0.25, 0.3) is 0 Å². The molecular formula is C11H14N2. The summed E-state index contributed by atoms with van der Waals surface area (Å²) < 4.78 is 0. The quantitative estimate of drug-likeness (QED) is 0.686. The smallest absolute Gasteiger partial charge is 0.0619 e. The molecule has 0 aliphatic rings. The molecule has 68 valence electrons. The van der Waals surface area contributed by atoms with Crippen LogP contribution >= 0.6 is 0 Å². The highest BCUT2D eigenvalue weighted by Crippen LogP contribution is 2.21. The van der Waals surface area contributed by atoms with Gasteiger partial charge in [0.05, 0.1) is 11.4 Å². The van der Waals surface area contributed by atoms with E-state index < -0.39 is 0 Å². The minimum atomic E-state index is 0.794. The molecule has 1 aromatic rings. The van der Waals surface area contributed by atoms with E-state index in [4.69, 9.17) is 0 Å². The van der Waals surface area contributed by atoms with Crippen molar-refractivity contribution in [2.45, 2.75) is 0 Å². The zero-order valence-corrected chi connectivity index (χ0v) is 7.80. The van der Waals surface area contributed by atoms with Gasteiger partial charge in [-0.2, -0.15) is 0 Å². The van der Waals surface area contributed by atoms with Crippen LogP contribution in [0.4, 0.5) is 11.4 Å². The first-order chi connectivity index (χ1) is 6.27. The van der Waals surface area contributed by atoms with Crippen molar-refractivity contribution in [1.29, 1.82) is 0 Å². The summed E-state index contributed by atoms with van der Waals surface area (Å²) >= 11 is 0. The number of nitrogens with one attached hydrogen (secondary N) is 2. The van der Waals surface area contributed by atoms with E-state index in [9.17, 15) is 0 Å². The molecule has 0 amide bonds. The second-order valence-corrected chi connectivity index (χ2v) is 2.65. The average molecular weight is 174 g/mol. The van der Waals surface area contributed by atoms with Gasteiger partial charge in [0.25, 0.3) is 0 Å². The van der Waals surface area contributed by atoms with Crippen molar-refractivity contribution in [3.05, 3.63) is 49.2 Å². The Morgan fingerprint density at radius 3 is 2.46 bits per heavy atom. The Labute approximate surface area is 79.0 Å². The summed E-state index contributed by atoms with van der Waals surface area (Å²) in [6.07, 6.45) is 1.69. The third kappa shape index (κ3) is 2.37. The molecule has 0 unspecified atom stereocenters. The second-order valence-electron chi connectivity index (χ2n) is 2.65. The van der Waals surface area contributed by atoms with Crippen molar-refractivity contribution in [2.24, 2.45) is 0 Å². The summed E-state index contributed by atoms with van der Waals surface area (Å²) in [5, 5.41) is 6.22. The van der Waals surface area contributed by atoms with Crippen LogP contribution in [-0.4, -0.2) is 7.05 Å². The van der Waals surface area contributed by atoms with Crippen molar-refractivity contribution in [2.75, 3.05) is 17.7 Å². The molecule has 1 rings (SSSR count). The third-order valence-electron chi connectivity index (χ3n) is 1.74. The van der Waals surface area contributed by atoms with E-state index in [1.807, 2.05) is 31.3 Å². The molecule has 13 heavy (non-hydrogen) atoms. The fraction of sp³-hybridized carbons (Fsp3) is 0.0909. The van der Waals surface area contributed by atoms with Gasteiger partial charge in [0.1, 0.15) is 0 Å². The summed E-state index contributed by atoms with van der Waals surface area (Å²) in [6.45, 7) is 7.42. The number of benzene rings is 1. The number of hydrogen-bond acceptors (Lipinski definition) is 2. The molecule has 0 radical (unpaired) electrons. The van der Waals surface area contributed by atoms with Crippen LogP contribution in [0.15, 0.2) is 49.2 Å². The lowest BCUT2D eigenvalue weighted by molar-refractivity contribution is 1.45. The van der Waals surface area contributed by atoms with E-state index >= 15 is 0 Å². The molecule has 0 bridgehead atoms. The SMILES string of the molecule is C=CC(=C)Nc1ccccc1NC. The lowest BCUT2D eigenvalue weighted by Gasteiger charge is -2.10. The van der Waals surface area contributed by atoms with Crippen LogP contribution in [0.1, 0.15) is 0 Å². The molecule has 0 aromatic heterocycles. The van der Waals surface area contributed by atoms with E-state index in [0.717, 1.165) is 17.1 Å². The van der Waals surface area contributed by atoms with Crippen molar-refractivity contribution < 1.29 is 0 Å². The normalized spacial score (nSPS) is 9.00. The number of anilines is 2. The average Bonchev–Trinajstić information content (AvgIpc) is 2.18. The van der Waals surface area contributed by atoms with Crippen molar-refractivity contribution >= 4 is 11.4 Å². The Hall–Kier alpha value is -1.70. The predicted octanol–water partition coefficient (Wildman–Crippen LogP) is 2.84. The van der Waals surface area contributed by atoms with Crippen LogP contribution in [0, 0.1) is 0 Å². The van der Waals surface area contributed by atoms with E-state index in [2.05, 4.69) is 23.8 Å². The summed E-state index contributed by atoms with van der Waals surface area (Å²) in [6, 6.07) is 7.94. The Kier molecular flexibility index (Phi) is 3.15. The predicted molar refractivity (Wildman–Crippen MR) is 58.9 cm³/mol. The minimum absolute atomic E-state index is 0.794. The lowest BCUT2D eigenvalue weighted by atomic mass is 10.2. The maximum atomic E-state index is 3.79. The molecule has 1 aromatic carbocycles. The highest BCUT2D eigenvalue weighted by molar-refractivity contribution is 5.70. The molecule has 0 spiro atoms. The molecule has 2 heteroatoms. The molecule has 0 saturated carbocycles. The molecule has 0 aliphatic carbocycles. The summed E-state index contributed by atoms with van der Waals surface area (Å²) in [7, 11) is 1.89. The van der Waals surface area contributed by atoms with Crippen LogP contribution in [0.5, 0.6) is 0 Å². The maximum Gasteiger partial charge on any atom is 0.0619 e. The molecule has 0 fully saturated rings. The third-order valence-corrected chi connectivity index (χ3v) is 1.74. The first-order valence-electron chi connectivity index (χ1n) is 4.13. The fourth-order valence-corrected chi connectivity index (χ4v) is 1.03. The van der Waals surface area contributed by atoms with Crippen LogP contribution in [0.3, 0.4) is 0 Å². The van der Waals surface area contributed by atoms with Gasteiger partial charge in [0.15, 0.2) is 0 Å². The number of hydrogen-bond donors (Lipinski definition) is 2. The Morgan fingerprint density at radius 2 is 1.92 bits per heavy atom. The van der Waals surface area contributed by atoms with Crippen LogP contribution < -0.4 is 10.6 Å². The Bertz CT molecular complexity index is 316. The van der Waals surface area contributed by atoms with Crippen LogP contribution in [-0.2, 0) is 0 Å². The highest BCUT2D eigenvalue weighted by Gasteiger charge is 1.97. The number of rotatable bonds is 4. The van der Waals surface area contributed by atoms with Gasteiger partial charge in [-0.1, -0.05) is 25.3 Å². The second kappa shape index (κ2) is 4.36. The maximum absolute atomic E-state index is 3.79. The summed E-state index contributed by atoms with van der Waals surface area (Å²) in [4.78, 5) is 0. The van der Waals surface area contributed by atoms with E-state index in [0.29, 0.717) is 0 Å². The van der Waals surface area contributed by atoms with Crippen molar-refractivity contribution in [1.82, 2.24) is 0 Å². The molecular weight excluding hydrogens is 160 g/mol. The Balaban J connectivity index is 2.86. The van der Waals surface area contributed by atoms with Crippen molar-refractivity contribution in [3.8, 4) is 0 Å². The molecule has 0 heterocycles. The van der Waals surface area contributed by atoms with Gasteiger partial charge in [-0.25, -0.2) is 0 Å². The van der Waals surface area contributed by atoms with E-state index in [-0.39, 0.29) is 0 Å². The first-order valence-corrected chi connectivity index (χ1v) is 4.13. The zero-order valence-electron chi connectivity index (χ0n) is 7.80.